The van der Waals surface area contributed by atoms with E-state index in [0.717, 1.165) is 19.3 Å². The van der Waals surface area contributed by atoms with Gasteiger partial charge in [0.2, 0.25) is 0 Å². The van der Waals surface area contributed by atoms with Crippen LogP contribution in [0.1, 0.15) is 37.8 Å². The summed E-state index contributed by atoms with van der Waals surface area (Å²) in [5.41, 5.74) is 1.49. The number of aromatic nitrogens is 2. The minimum atomic E-state index is -0.565. The molecule has 3 rings (SSSR count). The number of allylic oxidation sites excluding steroid dienone is 1. The van der Waals surface area contributed by atoms with E-state index in [0.29, 0.717) is 23.0 Å². The van der Waals surface area contributed by atoms with E-state index >= 15 is 0 Å². The molecule has 1 aromatic heterocycles. The summed E-state index contributed by atoms with van der Waals surface area (Å²) in [6.07, 6.45) is 7.65. The molecule has 0 fully saturated rings. The molecular formula is C20H23N3O4. The number of nitrogens with zero attached hydrogens (tertiary/aromatic N) is 1. The van der Waals surface area contributed by atoms with Crippen molar-refractivity contribution >= 4 is 22.6 Å². The zero-order valence-corrected chi connectivity index (χ0v) is 15.1. The average Bonchev–Trinajstić information content (AvgIpc) is 2.70. The number of rotatable bonds is 7. The van der Waals surface area contributed by atoms with Crippen molar-refractivity contribution in [1.29, 1.82) is 0 Å². The smallest absolute Gasteiger partial charge is 0.312 e. The summed E-state index contributed by atoms with van der Waals surface area (Å²) < 4.78 is 5.03. The van der Waals surface area contributed by atoms with Crippen LogP contribution in [0.3, 0.4) is 0 Å². The second-order valence-electron chi connectivity index (χ2n) is 6.59. The standard InChI is InChI=1S/C20H23N3O4/c24-18(21-11-10-14-6-2-1-3-7-14)13-27-19(25)12-17-15-8-4-5-9-16(15)20(26)23-22-17/h4-6,8-9H,1-3,7,10-13H2,(H,21,24)(H,23,26). The molecule has 7 nitrogen and oxygen atoms in total. The highest BCUT2D eigenvalue weighted by atomic mass is 16.5. The molecule has 0 atom stereocenters. The first-order valence-corrected chi connectivity index (χ1v) is 9.20. The van der Waals surface area contributed by atoms with Crippen molar-refractivity contribution in [2.75, 3.05) is 13.2 Å². The average molecular weight is 369 g/mol. The van der Waals surface area contributed by atoms with Gasteiger partial charge in [0, 0.05) is 11.9 Å². The second-order valence-corrected chi connectivity index (χ2v) is 6.59. The molecule has 1 amide bonds. The Kier molecular flexibility index (Phi) is 6.35. The van der Waals surface area contributed by atoms with Gasteiger partial charge in [0.05, 0.1) is 17.5 Å². The lowest BCUT2D eigenvalue weighted by Gasteiger charge is -2.13. The van der Waals surface area contributed by atoms with Gasteiger partial charge in [-0.3, -0.25) is 14.4 Å². The molecule has 1 heterocycles. The van der Waals surface area contributed by atoms with Gasteiger partial charge in [-0.25, -0.2) is 5.10 Å². The van der Waals surface area contributed by atoms with Crippen LogP contribution in [0.4, 0.5) is 0 Å². The number of fused-ring (bicyclic) bond motifs is 1. The van der Waals surface area contributed by atoms with Crippen LogP contribution < -0.4 is 10.9 Å². The Morgan fingerprint density at radius 3 is 2.78 bits per heavy atom. The van der Waals surface area contributed by atoms with E-state index in [2.05, 4.69) is 21.6 Å². The van der Waals surface area contributed by atoms with Crippen LogP contribution in [0.2, 0.25) is 0 Å². The zero-order chi connectivity index (χ0) is 19.1. The number of amides is 1. The summed E-state index contributed by atoms with van der Waals surface area (Å²) in [6.45, 7) is 0.230. The van der Waals surface area contributed by atoms with Crippen molar-refractivity contribution in [2.45, 2.75) is 38.5 Å². The number of benzene rings is 1. The maximum Gasteiger partial charge on any atom is 0.312 e. The molecule has 27 heavy (non-hydrogen) atoms. The van der Waals surface area contributed by atoms with Gasteiger partial charge in [-0.2, -0.15) is 5.10 Å². The molecule has 0 unspecified atom stereocenters. The summed E-state index contributed by atoms with van der Waals surface area (Å²) in [7, 11) is 0. The minimum absolute atomic E-state index is 0.114. The van der Waals surface area contributed by atoms with E-state index in [-0.39, 0.29) is 24.5 Å². The van der Waals surface area contributed by atoms with Gasteiger partial charge in [0.15, 0.2) is 6.61 Å². The van der Waals surface area contributed by atoms with Crippen LogP contribution in [0.15, 0.2) is 40.7 Å². The predicted octanol–water partition coefficient (Wildman–Crippen LogP) is 2.02. The fourth-order valence-corrected chi connectivity index (χ4v) is 3.19. The van der Waals surface area contributed by atoms with Gasteiger partial charge in [0.25, 0.3) is 11.5 Å². The van der Waals surface area contributed by atoms with E-state index in [1.807, 2.05) is 0 Å². The van der Waals surface area contributed by atoms with Crippen molar-refractivity contribution in [3.63, 3.8) is 0 Å². The summed E-state index contributed by atoms with van der Waals surface area (Å²) in [5.74, 6) is -0.885. The fraction of sp³-hybridized carbons (Fsp3) is 0.400. The van der Waals surface area contributed by atoms with E-state index < -0.39 is 5.97 Å². The van der Waals surface area contributed by atoms with Crippen LogP contribution in [0, 0.1) is 0 Å². The molecule has 142 valence electrons. The number of aromatic amines is 1. The topological polar surface area (TPSA) is 101 Å². The molecule has 0 radical (unpaired) electrons. The molecular weight excluding hydrogens is 346 g/mol. The SMILES string of the molecule is O=C(COC(=O)Cc1n[nH]c(=O)c2ccccc12)NCCC1=CCCCC1. The van der Waals surface area contributed by atoms with Gasteiger partial charge in [0.1, 0.15) is 0 Å². The first-order valence-electron chi connectivity index (χ1n) is 9.20. The predicted molar refractivity (Wildman–Crippen MR) is 101 cm³/mol. The molecule has 1 aliphatic carbocycles. The molecule has 0 bridgehead atoms. The molecule has 1 aliphatic rings. The van der Waals surface area contributed by atoms with Crippen molar-refractivity contribution in [2.24, 2.45) is 0 Å². The molecule has 0 saturated heterocycles. The Morgan fingerprint density at radius 2 is 2.00 bits per heavy atom. The van der Waals surface area contributed by atoms with Crippen molar-refractivity contribution in [3.8, 4) is 0 Å². The van der Waals surface area contributed by atoms with Gasteiger partial charge >= 0.3 is 5.97 Å². The van der Waals surface area contributed by atoms with Crippen LogP contribution in [0.25, 0.3) is 10.8 Å². The quantitative estimate of drug-likeness (QED) is 0.574. The number of carbonyl (C=O) groups is 2. The molecule has 2 aromatic rings. The van der Waals surface area contributed by atoms with E-state index in [1.54, 1.807) is 24.3 Å². The van der Waals surface area contributed by atoms with E-state index in [1.165, 1.54) is 18.4 Å². The summed E-state index contributed by atoms with van der Waals surface area (Å²) in [6, 6.07) is 6.91. The first-order chi connectivity index (χ1) is 13.1. The number of nitrogens with one attached hydrogen (secondary N) is 2. The van der Waals surface area contributed by atoms with Crippen LogP contribution in [-0.2, 0) is 20.7 Å². The number of carbonyl (C=O) groups excluding carboxylic acids is 2. The number of H-pyrrole nitrogens is 1. The normalized spacial score (nSPS) is 13.9. The monoisotopic (exact) mass is 369 g/mol. The van der Waals surface area contributed by atoms with E-state index in [9.17, 15) is 14.4 Å². The Labute approximate surface area is 156 Å². The summed E-state index contributed by atoms with van der Waals surface area (Å²) in [4.78, 5) is 35.6. The lowest BCUT2D eigenvalue weighted by Crippen LogP contribution is -2.30. The first kappa shape index (κ1) is 18.8. The maximum atomic E-state index is 12.0. The van der Waals surface area contributed by atoms with Crippen molar-refractivity contribution in [1.82, 2.24) is 15.5 Å². The summed E-state index contributed by atoms with van der Waals surface area (Å²) >= 11 is 0. The lowest BCUT2D eigenvalue weighted by molar-refractivity contribution is -0.147. The largest absolute Gasteiger partial charge is 0.455 e. The fourth-order valence-electron chi connectivity index (χ4n) is 3.19. The van der Waals surface area contributed by atoms with Gasteiger partial charge in [-0.05, 0) is 38.2 Å². The Bertz CT molecular complexity index is 917. The Morgan fingerprint density at radius 1 is 1.19 bits per heavy atom. The van der Waals surface area contributed by atoms with Crippen LogP contribution in [0.5, 0.6) is 0 Å². The number of hydrogen-bond acceptors (Lipinski definition) is 5. The van der Waals surface area contributed by atoms with Crippen LogP contribution in [-0.4, -0.2) is 35.2 Å². The molecule has 7 heteroatoms. The Balaban J connectivity index is 1.46. The Hall–Kier alpha value is -2.96. The molecule has 2 N–H and O–H groups in total. The number of ether oxygens (including phenoxy) is 1. The highest BCUT2D eigenvalue weighted by molar-refractivity contribution is 5.87. The van der Waals surface area contributed by atoms with Gasteiger partial charge < -0.3 is 10.1 Å². The van der Waals surface area contributed by atoms with Crippen molar-refractivity contribution in [3.05, 3.63) is 52.0 Å². The number of esters is 1. The number of hydrogen-bond donors (Lipinski definition) is 2. The third-order valence-electron chi connectivity index (χ3n) is 4.60. The summed E-state index contributed by atoms with van der Waals surface area (Å²) in [5, 5.41) is 10.1. The van der Waals surface area contributed by atoms with Gasteiger partial charge in [-0.1, -0.05) is 29.8 Å². The zero-order valence-electron chi connectivity index (χ0n) is 15.1. The molecule has 0 aliphatic heterocycles. The van der Waals surface area contributed by atoms with Crippen molar-refractivity contribution < 1.29 is 14.3 Å². The van der Waals surface area contributed by atoms with Gasteiger partial charge in [-0.15, -0.1) is 0 Å². The highest BCUT2D eigenvalue weighted by Gasteiger charge is 2.13. The third kappa shape index (κ3) is 5.26. The molecule has 0 spiro atoms. The maximum absolute atomic E-state index is 12.0. The lowest BCUT2D eigenvalue weighted by atomic mass is 9.97. The van der Waals surface area contributed by atoms with Crippen LogP contribution >= 0.6 is 0 Å². The highest BCUT2D eigenvalue weighted by Crippen LogP contribution is 2.19. The third-order valence-corrected chi connectivity index (χ3v) is 4.60. The molecule has 0 saturated carbocycles. The molecule has 1 aromatic carbocycles. The minimum Gasteiger partial charge on any atom is -0.455 e. The second kappa shape index (κ2) is 9.12. The van der Waals surface area contributed by atoms with E-state index in [4.69, 9.17) is 4.74 Å².